The van der Waals surface area contributed by atoms with E-state index in [-0.39, 0.29) is 5.60 Å². The molecule has 1 unspecified atom stereocenters. The lowest BCUT2D eigenvalue weighted by atomic mass is 9.75. The monoisotopic (exact) mass is 283 g/mol. The second-order valence-electron chi connectivity index (χ2n) is 6.69. The molecule has 0 aromatic heterocycles. The fourth-order valence-electron chi connectivity index (χ4n) is 3.38. The minimum absolute atomic E-state index is 0.216. The minimum atomic E-state index is 0.216. The molecule has 1 rings (SSSR count). The largest absolute Gasteiger partial charge is 0.378 e. The van der Waals surface area contributed by atoms with Crippen molar-refractivity contribution in [3.8, 4) is 0 Å². The molecule has 1 aliphatic carbocycles. The van der Waals surface area contributed by atoms with Gasteiger partial charge in [-0.1, -0.05) is 58.3 Å². The maximum absolute atomic E-state index is 5.75. The van der Waals surface area contributed by atoms with E-state index in [0.29, 0.717) is 6.04 Å². The molecule has 1 atom stereocenters. The number of hydrogen-bond acceptors (Lipinski definition) is 2. The molecule has 20 heavy (non-hydrogen) atoms. The highest BCUT2D eigenvalue weighted by molar-refractivity contribution is 4.92. The van der Waals surface area contributed by atoms with E-state index in [2.05, 4.69) is 19.3 Å². The van der Waals surface area contributed by atoms with Crippen LogP contribution in [0.1, 0.15) is 90.4 Å². The molecular formula is C18H37NO. The Hall–Kier alpha value is -0.0800. The molecule has 2 nitrogen and oxygen atoms in total. The summed E-state index contributed by atoms with van der Waals surface area (Å²) in [6, 6.07) is 0.648. The molecule has 2 heteroatoms. The lowest BCUT2D eigenvalue weighted by Crippen LogP contribution is -2.45. The summed E-state index contributed by atoms with van der Waals surface area (Å²) >= 11 is 0. The van der Waals surface area contributed by atoms with Gasteiger partial charge in [-0.05, 0) is 39.2 Å². The van der Waals surface area contributed by atoms with Crippen LogP contribution in [0.5, 0.6) is 0 Å². The molecule has 1 fully saturated rings. The molecule has 1 N–H and O–H groups in total. The van der Waals surface area contributed by atoms with Gasteiger partial charge in [-0.15, -0.1) is 0 Å². The first-order chi connectivity index (χ1) is 9.76. The van der Waals surface area contributed by atoms with Crippen LogP contribution in [0.2, 0.25) is 0 Å². The quantitative estimate of drug-likeness (QED) is 0.477. The Morgan fingerprint density at radius 1 is 1.00 bits per heavy atom. The molecule has 0 bridgehead atoms. The van der Waals surface area contributed by atoms with Crippen LogP contribution in [-0.2, 0) is 4.74 Å². The van der Waals surface area contributed by atoms with E-state index in [1.54, 1.807) is 0 Å². The van der Waals surface area contributed by atoms with Crippen molar-refractivity contribution in [3.63, 3.8) is 0 Å². The SMILES string of the molecule is CCCCCCCCCCC(CC1(OC)CCC1)NC. The molecule has 0 spiro atoms. The molecule has 0 heterocycles. The van der Waals surface area contributed by atoms with Gasteiger partial charge in [0, 0.05) is 13.2 Å². The second kappa shape index (κ2) is 10.6. The van der Waals surface area contributed by atoms with Crippen LogP contribution in [0.25, 0.3) is 0 Å². The molecule has 0 amide bonds. The fourth-order valence-corrected chi connectivity index (χ4v) is 3.38. The van der Waals surface area contributed by atoms with E-state index < -0.39 is 0 Å². The van der Waals surface area contributed by atoms with Crippen LogP contribution in [0.3, 0.4) is 0 Å². The number of rotatable bonds is 13. The maximum Gasteiger partial charge on any atom is 0.0693 e. The predicted molar refractivity (Wildman–Crippen MR) is 88.3 cm³/mol. The first kappa shape index (κ1) is 18.0. The third-order valence-corrected chi connectivity index (χ3v) is 5.13. The normalized spacial score (nSPS) is 18.8. The number of ether oxygens (including phenoxy) is 1. The first-order valence-electron chi connectivity index (χ1n) is 8.99. The number of methoxy groups -OCH3 is 1. The smallest absolute Gasteiger partial charge is 0.0693 e. The van der Waals surface area contributed by atoms with Crippen molar-refractivity contribution in [2.24, 2.45) is 0 Å². The second-order valence-corrected chi connectivity index (χ2v) is 6.69. The zero-order valence-electron chi connectivity index (χ0n) is 14.2. The third kappa shape index (κ3) is 6.58. The number of unbranched alkanes of at least 4 members (excludes halogenated alkanes) is 7. The van der Waals surface area contributed by atoms with Crippen LogP contribution in [0, 0.1) is 0 Å². The van der Waals surface area contributed by atoms with E-state index in [1.807, 2.05) is 7.11 Å². The standard InChI is InChI=1S/C18H37NO/c1-4-5-6-7-8-9-10-11-13-17(19-2)16-18(20-3)14-12-15-18/h17,19H,4-16H2,1-3H3. The Morgan fingerprint density at radius 3 is 2.05 bits per heavy atom. The lowest BCUT2D eigenvalue weighted by molar-refractivity contribution is -0.0836. The van der Waals surface area contributed by atoms with Gasteiger partial charge in [0.25, 0.3) is 0 Å². The lowest BCUT2D eigenvalue weighted by Gasteiger charge is -2.42. The Morgan fingerprint density at radius 2 is 1.60 bits per heavy atom. The van der Waals surface area contributed by atoms with Gasteiger partial charge in [-0.25, -0.2) is 0 Å². The van der Waals surface area contributed by atoms with E-state index in [4.69, 9.17) is 4.74 Å². The molecule has 120 valence electrons. The van der Waals surface area contributed by atoms with Crippen molar-refractivity contribution in [1.82, 2.24) is 5.32 Å². The molecule has 0 aromatic rings. The highest BCUT2D eigenvalue weighted by atomic mass is 16.5. The van der Waals surface area contributed by atoms with Gasteiger partial charge in [0.1, 0.15) is 0 Å². The van der Waals surface area contributed by atoms with Gasteiger partial charge in [0.15, 0.2) is 0 Å². The van der Waals surface area contributed by atoms with Crippen molar-refractivity contribution in [3.05, 3.63) is 0 Å². The summed E-state index contributed by atoms with van der Waals surface area (Å²) in [5, 5.41) is 3.50. The van der Waals surface area contributed by atoms with Gasteiger partial charge >= 0.3 is 0 Å². The number of nitrogens with one attached hydrogen (secondary N) is 1. The van der Waals surface area contributed by atoms with Crippen molar-refractivity contribution < 1.29 is 4.74 Å². The van der Waals surface area contributed by atoms with Gasteiger partial charge < -0.3 is 10.1 Å². The molecule has 0 aliphatic heterocycles. The third-order valence-electron chi connectivity index (χ3n) is 5.13. The summed E-state index contributed by atoms with van der Waals surface area (Å²) in [5.74, 6) is 0. The van der Waals surface area contributed by atoms with Crippen LogP contribution < -0.4 is 5.32 Å². The van der Waals surface area contributed by atoms with Crippen LogP contribution >= 0.6 is 0 Å². The summed E-state index contributed by atoms with van der Waals surface area (Å²) < 4.78 is 5.75. The molecule has 0 radical (unpaired) electrons. The Kier molecular flexibility index (Phi) is 9.54. The first-order valence-corrected chi connectivity index (χ1v) is 8.99. The molecule has 0 aromatic carbocycles. The molecular weight excluding hydrogens is 246 g/mol. The Labute approximate surface area is 127 Å². The average molecular weight is 283 g/mol. The van der Waals surface area contributed by atoms with E-state index in [1.165, 1.54) is 83.5 Å². The van der Waals surface area contributed by atoms with Gasteiger partial charge in [-0.3, -0.25) is 0 Å². The minimum Gasteiger partial charge on any atom is -0.378 e. The van der Waals surface area contributed by atoms with E-state index in [0.717, 1.165) is 0 Å². The maximum atomic E-state index is 5.75. The highest BCUT2D eigenvalue weighted by Gasteiger charge is 2.38. The summed E-state index contributed by atoms with van der Waals surface area (Å²) in [6.45, 7) is 2.28. The molecule has 0 saturated heterocycles. The van der Waals surface area contributed by atoms with E-state index in [9.17, 15) is 0 Å². The van der Waals surface area contributed by atoms with Gasteiger partial charge in [0.2, 0.25) is 0 Å². The highest BCUT2D eigenvalue weighted by Crippen LogP contribution is 2.39. The Bertz CT molecular complexity index is 220. The summed E-state index contributed by atoms with van der Waals surface area (Å²) in [7, 11) is 4.00. The Balaban J connectivity index is 2.01. The van der Waals surface area contributed by atoms with Crippen molar-refractivity contribution >= 4 is 0 Å². The van der Waals surface area contributed by atoms with Gasteiger partial charge in [-0.2, -0.15) is 0 Å². The zero-order chi connectivity index (χ0) is 14.7. The summed E-state index contributed by atoms with van der Waals surface area (Å²) in [5.41, 5.74) is 0.216. The van der Waals surface area contributed by atoms with Crippen LogP contribution in [-0.4, -0.2) is 25.8 Å². The molecule has 1 aliphatic rings. The topological polar surface area (TPSA) is 21.3 Å². The average Bonchev–Trinajstić information content (AvgIpc) is 2.43. The molecule has 1 saturated carbocycles. The van der Waals surface area contributed by atoms with Crippen molar-refractivity contribution in [1.29, 1.82) is 0 Å². The zero-order valence-corrected chi connectivity index (χ0v) is 14.2. The van der Waals surface area contributed by atoms with Crippen molar-refractivity contribution in [2.45, 2.75) is 102 Å². The van der Waals surface area contributed by atoms with Gasteiger partial charge in [0.05, 0.1) is 5.60 Å². The van der Waals surface area contributed by atoms with Crippen LogP contribution in [0.15, 0.2) is 0 Å². The van der Waals surface area contributed by atoms with E-state index >= 15 is 0 Å². The summed E-state index contributed by atoms with van der Waals surface area (Å²) in [6.07, 6.45) is 17.7. The van der Waals surface area contributed by atoms with Crippen molar-refractivity contribution in [2.75, 3.05) is 14.2 Å². The number of hydrogen-bond donors (Lipinski definition) is 1. The fraction of sp³-hybridized carbons (Fsp3) is 1.00. The predicted octanol–water partition coefficient (Wildman–Crippen LogP) is 5.06. The summed E-state index contributed by atoms with van der Waals surface area (Å²) in [4.78, 5) is 0. The van der Waals surface area contributed by atoms with Crippen LogP contribution in [0.4, 0.5) is 0 Å².